The van der Waals surface area contributed by atoms with Crippen LogP contribution in [-0.2, 0) is 7.05 Å². The van der Waals surface area contributed by atoms with Gasteiger partial charge in [0, 0.05) is 37.4 Å². The molecule has 0 atom stereocenters. The second-order valence-corrected chi connectivity index (χ2v) is 5.67. The summed E-state index contributed by atoms with van der Waals surface area (Å²) >= 11 is 0. The zero-order chi connectivity index (χ0) is 17.4. The molecule has 0 aromatic carbocycles. The lowest BCUT2D eigenvalue weighted by Gasteiger charge is -2.10. The van der Waals surface area contributed by atoms with E-state index in [9.17, 15) is 4.79 Å². The van der Waals surface area contributed by atoms with Crippen molar-refractivity contribution in [2.75, 3.05) is 5.32 Å². The van der Waals surface area contributed by atoms with Crippen LogP contribution in [-0.4, -0.2) is 29.7 Å². The average Bonchev–Trinajstić information content (AvgIpc) is 3.00. The first kappa shape index (κ1) is 15.0. The summed E-state index contributed by atoms with van der Waals surface area (Å²) in [6.07, 6.45) is 8.54. The Balaban J connectivity index is 1.91. The van der Waals surface area contributed by atoms with Crippen molar-refractivity contribution in [2.24, 2.45) is 7.05 Å². The minimum atomic E-state index is -0.205. The largest absolute Gasteiger partial charge is 0.337 e. The molecule has 0 radical (unpaired) electrons. The molecule has 0 aliphatic heterocycles. The highest BCUT2D eigenvalue weighted by molar-refractivity contribution is 5.94. The lowest BCUT2D eigenvalue weighted by atomic mass is 10.1. The van der Waals surface area contributed by atoms with E-state index in [4.69, 9.17) is 0 Å². The zero-order valence-corrected chi connectivity index (χ0v) is 13.7. The van der Waals surface area contributed by atoms with Gasteiger partial charge in [0.05, 0.1) is 23.0 Å². The Morgan fingerprint density at radius 3 is 2.72 bits per heavy atom. The maximum atomic E-state index is 12.3. The van der Waals surface area contributed by atoms with Crippen molar-refractivity contribution in [3.05, 3.63) is 59.3 Å². The van der Waals surface area contributed by atoms with Gasteiger partial charge in [0.25, 0.3) is 5.56 Å². The highest BCUT2D eigenvalue weighted by Crippen LogP contribution is 2.27. The van der Waals surface area contributed by atoms with Crippen molar-refractivity contribution in [3.8, 4) is 11.3 Å². The standard InChI is InChI=1S/C17H15N7O/c1-10-19-6-12(7-20-10)14-5-11-3-4-18-17(25)15(11)16(23-14)22-13-8-21-24(2)9-13/h3-9H,1-2H3,(H,18,25)(H,22,23). The van der Waals surface area contributed by atoms with E-state index in [-0.39, 0.29) is 5.56 Å². The maximum Gasteiger partial charge on any atom is 0.259 e. The van der Waals surface area contributed by atoms with Crippen molar-refractivity contribution in [3.63, 3.8) is 0 Å². The number of anilines is 2. The van der Waals surface area contributed by atoms with Crippen molar-refractivity contribution in [2.45, 2.75) is 6.92 Å². The number of pyridine rings is 2. The number of hydrogen-bond donors (Lipinski definition) is 2. The molecule has 0 aliphatic carbocycles. The van der Waals surface area contributed by atoms with Gasteiger partial charge in [-0.2, -0.15) is 5.10 Å². The van der Waals surface area contributed by atoms with Crippen molar-refractivity contribution in [1.82, 2.24) is 29.7 Å². The Kier molecular flexibility index (Phi) is 3.50. The third-order valence-electron chi connectivity index (χ3n) is 3.80. The highest BCUT2D eigenvalue weighted by atomic mass is 16.1. The van der Waals surface area contributed by atoms with Crippen molar-refractivity contribution >= 4 is 22.3 Å². The van der Waals surface area contributed by atoms with Crippen LogP contribution in [0.1, 0.15) is 5.82 Å². The van der Waals surface area contributed by atoms with Crippen LogP contribution in [0.4, 0.5) is 11.5 Å². The number of fused-ring (bicyclic) bond motifs is 1. The summed E-state index contributed by atoms with van der Waals surface area (Å²) in [5.74, 6) is 1.15. The number of nitrogens with one attached hydrogen (secondary N) is 2. The fraction of sp³-hybridized carbons (Fsp3) is 0.118. The van der Waals surface area contributed by atoms with E-state index < -0.39 is 0 Å². The van der Waals surface area contributed by atoms with Gasteiger partial charge in [-0.1, -0.05) is 0 Å². The third kappa shape index (κ3) is 2.85. The highest BCUT2D eigenvalue weighted by Gasteiger charge is 2.12. The first-order chi connectivity index (χ1) is 12.1. The third-order valence-corrected chi connectivity index (χ3v) is 3.80. The zero-order valence-electron chi connectivity index (χ0n) is 13.7. The molecular weight excluding hydrogens is 318 g/mol. The van der Waals surface area contributed by atoms with E-state index >= 15 is 0 Å². The SMILES string of the molecule is Cc1ncc(-c2cc3cc[nH]c(=O)c3c(Nc3cnn(C)c3)n2)cn1. The molecule has 8 nitrogen and oxygen atoms in total. The Morgan fingerprint density at radius 2 is 2.00 bits per heavy atom. The van der Waals surface area contributed by atoms with Gasteiger partial charge in [0.15, 0.2) is 0 Å². The maximum absolute atomic E-state index is 12.3. The molecule has 2 N–H and O–H groups in total. The van der Waals surface area contributed by atoms with Crippen molar-refractivity contribution in [1.29, 1.82) is 0 Å². The molecular formula is C17H15N7O. The van der Waals surface area contributed by atoms with Crippen LogP contribution in [0.15, 0.2) is 47.9 Å². The Hall–Kier alpha value is -3.55. The Labute approximate surface area is 142 Å². The Bertz CT molecular complexity index is 1110. The van der Waals surface area contributed by atoms with Gasteiger partial charge in [0.2, 0.25) is 0 Å². The molecule has 0 amide bonds. The number of aryl methyl sites for hydroxylation is 2. The van der Waals surface area contributed by atoms with Gasteiger partial charge in [-0.05, 0) is 24.4 Å². The van der Waals surface area contributed by atoms with Crippen molar-refractivity contribution < 1.29 is 0 Å². The molecule has 25 heavy (non-hydrogen) atoms. The smallest absolute Gasteiger partial charge is 0.259 e. The first-order valence-corrected chi connectivity index (χ1v) is 7.67. The Morgan fingerprint density at radius 1 is 1.20 bits per heavy atom. The van der Waals surface area contributed by atoms with Gasteiger partial charge in [0.1, 0.15) is 11.6 Å². The number of nitrogens with zero attached hydrogens (tertiary/aromatic N) is 5. The molecule has 124 valence electrons. The van der Waals surface area contributed by atoms with Gasteiger partial charge in [-0.25, -0.2) is 15.0 Å². The van der Waals surface area contributed by atoms with E-state index in [1.165, 1.54) is 0 Å². The summed E-state index contributed by atoms with van der Waals surface area (Å²) in [6, 6.07) is 3.69. The molecule has 0 saturated heterocycles. The molecule has 4 aromatic heterocycles. The number of H-pyrrole nitrogens is 1. The first-order valence-electron chi connectivity index (χ1n) is 7.67. The quantitative estimate of drug-likeness (QED) is 0.596. The van der Waals surface area contributed by atoms with Crippen LogP contribution in [0.3, 0.4) is 0 Å². The molecule has 0 aliphatic rings. The normalized spacial score (nSPS) is 11.0. The van der Waals surface area contributed by atoms with Gasteiger partial charge in [-0.3, -0.25) is 9.48 Å². The van der Waals surface area contributed by atoms with Crippen LogP contribution < -0.4 is 10.9 Å². The molecule has 0 saturated carbocycles. The molecule has 0 fully saturated rings. The summed E-state index contributed by atoms with van der Waals surface area (Å²) < 4.78 is 1.67. The minimum absolute atomic E-state index is 0.205. The van der Waals surface area contributed by atoms with Gasteiger partial charge >= 0.3 is 0 Å². The van der Waals surface area contributed by atoms with E-state index in [2.05, 4.69) is 30.4 Å². The molecule has 0 bridgehead atoms. The second-order valence-electron chi connectivity index (χ2n) is 5.67. The number of aromatic nitrogens is 6. The fourth-order valence-electron chi connectivity index (χ4n) is 2.60. The van der Waals surface area contributed by atoms with Crippen LogP contribution >= 0.6 is 0 Å². The van der Waals surface area contributed by atoms with E-state index in [1.54, 1.807) is 29.5 Å². The van der Waals surface area contributed by atoms with E-state index in [0.29, 0.717) is 22.7 Å². The monoisotopic (exact) mass is 333 g/mol. The predicted molar refractivity (Wildman–Crippen MR) is 94.6 cm³/mol. The summed E-state index contributed by atoms with van der Waals surface area (Å²) in [5, 5.41) is 8.57. The van der Waals surface area contributed by atoms with Gasteiger partial charge < -0.3 is 10.3 Å². The number of rotatable bonds is 3. The van der Waals surface area contributed by atoms with E-state index in [1.807, 2.05) is 32.3 Å². The number of hydrogen-bond acceptors (Lipinski definition) is 6. The van der Waals surface area contributed by atoms with Crippen LogP contribution in [0.2, 0.25) is 0 Å². The number of aromatic amines is 1. The minimum Gasteiger partial charge on any atom is -0.337 e. The molecule has 4 aromatic rings. The summed E-state index contributed by atoms with van der Waals surface area (Å²) in [5.41, 5.74) is 2.01. The molecule has 0 spiro atoms. The molecule has 4 heterocycles. The molecule has 8 heteroatoms. The lowest BCUT2D eigenvalue weighted by Crippen LogP contribution is -2.09. The summed E-state index contributed by atoms with van der Waals surface area (Å²) in [7, 11) is 1.82. The molecule has 0 unspecified atom stereocenters. The van der Waals surface area contributed by atoms with E-state index in [0.717, 1.165) is 16.6 Å². The fourth-order valence-corrected chi connectivity index (χ4v) is 2.60. The van der Waals surface area contributed by atoms with Crippen LogP contribution in [0, 0.1) is 6.92 Å². The van der Waals surface area contributed by atoms with Gasteiger partial charge in [-0.15, -0.1) is 0 Å². The predicted octanol–water partition coefficient (Wildman–Crippen LogP) is 2.17. The summed E-state index contributed by atoms with van der Waals surface area (Å²) in [4.78, 5) is 28.1. The summed E-state index contributed by atoms with van der Waals surface area (Å²) in [6.45, 7) is 1.83. The second kappa shape index (κ2) is 5.82. The topological polar surface area (TPSA) is 101 Å². The van der Waals surface area contributed by atoms with Crippen LogP contribution in [0.25, 0.3) is 22.0 Å². The average molecular weight is 333 g/mol. The molecule has 4 rings (SSSR count). The lowest BCUT2D eigenvalue weighted by molar-refractivity contribution is 0.768. The van der Waals surface area contributed by atoms with Crippen LogP contribution in [0.5, 0.6) is 0 Å².